The van der Waals surface area contributed by atoms with Crippen LogP contribution in [0.15, 0.2) is 53.5 Å². The van der Waals surface area contributed by atoms with E-state index < -0.39 is 0 Å². The zero-order valence-corrected chi connectivity index (χ0v) is 12.0. The highest BCUT2D eigenvalue weighted by Crippen LogP contribution is 2.31. The molecule has 102 valence electrons. The van der Waals surface area contributed by atoms with Crippen molar-refractivity contribution in [1.29, 1.82) is 0 Å². The Morgan fingerprint density at radius 1 is 1.15 bits per heavy atom. The largest absolute Gasteiger partial charge is 0.332 e. The van der Waals surface area contributed by atoms with Crippen LogP contribution in [0.2, 0.25) is 0 Å². The number of para-hydroxylation sites is 1. The second kappa shape index (κ2) is 5.67. The summed E-state index contributed by atoms with van der Waals surface area (Å²) in [4.78, 5) is 4.64. The molecule has 0 aliphatic carbocycles. The van der Waals surface area contributed by atoms with Gasteiger partial charge in [0.05, 0.1) is 11.7 Å². The molecule has 0 saturated carbocycles. The lowest BCUT2D eigenvalue weighted by atomic mass is 10.1. The number of hydrogen-bond acceptors (Lipinski definition) is 3. The topological polar surface area (TPSA) is 24.4 Å². The van der Waals surface area contributed by atoms with Gasteiger partial charge in [-0.1, -0.05) is 54.2 Å². The van der Waals surface area contributed by atoms with Crippen molar-refractivity contribution < 1.29 is 4.39 Å². The molecule has 2 nitrogen and oxygen atoms in total. The molecule has 0 spiro atoms. The maximum Gasteiger partial charge on any atom is 0.161 e. The number of rotatable bonds is 2. The molecule has 2 aromatic carbocycles. The molecule has 1 N–H and O–H groups in total. The minimum absolute atomic E-state index is 0.149. The summed E-state index contributed by atoms with van der Waals surface area (Å²) in [5, 5.41) is 3.90. The summed E-state index contributed by atoms with van der Waals surface area (Å²) in [6.45, 7) is 1.89. The smallest absolute Gasteiger partial charge is 0.161 e. The van der Waals surface area contributed by atoms with E-state index in [9.17, 15) is 4.39 Å². The van der Waals surface area contributed by atoms with Crippen LogP contribution in [-0.2, 0) is 0 Å². The van der Waals surface area contributed by atoms with Gasteiger partial charge in [0.25, 0.3) is 0 Å². The summed E-state index contributed by atoms with van der Waals surface area (Å²) >= 11 is 1.63. The van der Waals surface area contributed by atoms with E-state index in [1.807, 2.05) is 31.2 Å². The summed E-state index contributed by atoms with van der Waals surface area (Å²) in [6.07, 6.45) is 0. The Labute approximate surface area is 122 Å². The molecule has 0 bridgehead atoms. The van der Waals surface area contributed by atoms with E-state index >= 15 is 0 Å². The third-order valence-electron chi connectivity index (χ3n) is 3.29. The van der Waals surface area contributed by atoms with Gasteiger partial charge in [0.1, 0.15) is 5.82 Å². The first-order valence-corrected chi connectivity index (χ1v) is 7.50. The van der Waals surface area contributed by atoms with Gasteiger partial charge >= 0.3 is 0 Å². The van der Waals surface area contributed by atoms with Crippen LogP contribution in [-0.4, -0.2) is 10.9 Å². The molecular weight excluding hydrogens is 271 g/mol. The molecule has 1 heterocycles. The fourth-order valence-electron chi connectivity index (χ4n) is 2.19. The normalized spacial score (nSPS) is 17.9. The van der Waals surface area contributed by atoms with Gasteiger partial charge in [-0.3, -0.25) is 4.99 Å². The van der Waals surface area contributed by atoms with Gasteiger partial charge in [-0.05, 0) is 24.1 Å². The molecule has 20 heavy (non-hydrogen) atoms. The average Bonchev–Trinajstić information content (AvgIpc) is 2.93. The lowest BCUT2D eigenvalue weighted by molar-refractivity contribution is 0.631. The maximum absolute atomic E-state index is 13.8. The molecule has 4 heteroatoms. The van der Waals surface area contributed by atoms with Crippen LogP contribution < -0.4 is 5.32 Å². The number of amidine groups is 1. The third-order valence-corrected chi connectivity index (χ3v) is 4.25. The van der Waals surface area contributed by atoms with Crippen molar-refractivity contribution >= 4 is 22.6 Å². The van der Waals surface area contributed by atoms with Gasteiger partial charge in [-0.15, -0.1) is 0 Å². The highest BCUT2D eigenvalue weighted by atomic mass is 32.2. The second-order valence-corrected chi connectivity index (χ2v) is 5.74. The number of aliphatic imine (C=N–C) groups is 1. The Hall–Kier alpha value is -1.81. The van der Waals surface area contributed by atoms with E-state index in [2.05, 4.69) is 22.4 Å². The third kappa shape index (κ3) is 2.70. The fraction of sp³-hybridized carbons (Fsp3) is 0.188. The van der Waals surface area contributed by atoms with Gasteiger partial charge in [0.15, 0.2) is 5.17 Å². The minimum atomic E-state index is -0.239. The quantitative estimate of drug-likeness (QED) is 0.885. The Morgan fingerprint density at radius 3 is 2.70 bits per heavy atom. The van der Waals surface area contributed by atoms with E-state index in [0.717, 1.165) is 16.5 Å². The predicted octanol–water partition coefficient (Wildman–Crippen LogP) is 4.39. The molecule has 1 aliphatic heterocycles. The number of thioether (sulfide) groups is 1. The molecule has 0 saturated heterocycles. The molecule has 1 unspecified atom stereocenters. The molecule has 1 aliphatic rings. The van der Waals surface area contributed by atoms with Crippen molar-refractivity contribution in [3.63, 3.8) is 0 Å². The van der Waals surface area contributed by atoms with E-state index in [4.69, 9.17) is 0 Å². The zero-order valence-electron chi connectivity index (χ0n) is 11.1. The van der Waals surface area contributed by atoms with Crippen LogP contribution in [0.5, 0.6) is 0 Å². The number of hydrogen-bond donors (Lipinski definition) is 1. The number of anilines is 1. The van der Waals surface area contributed by atoms with E-state index in [0.29, 0.717) is 5.69 Å². The van der Waals surface area contributed by atoms with E-state index in [1.165, 1.54) is 11.6 Å². The standard InChI is InChI=1S/C16H15FN2S/c1-11-6-5-9-13(17)15(11)19-16-18-14(10-20-16)12-7-3-2-4-8-12/h2-9,14H,10H2,1H3,(H,18,19). The Kier molecular flexibility index (Phi) is 3.74. The summed E-state index contributed by atoms with van der Waals surface area (Å²) in [5.74, 6) is 0.649. The monoisotopic (exact) mass is 286 g/mol. The zero-order chi connectivity index (χ0) is 13.9. The van der Waals surface area contributed by atoms with E-state index in [1.54, 1.807) is 17.8 Å². The van der Waals surface area contributed by atoms with Gasteiger partial charge < -0.3 is 5.32 Å². The van der Waals surface area contributed by atoms with Crippen LogP contribution in [0.25, 0.3) is 0 Å². The van der Waals surface area contributed by atoms with Crippen LogP contribution in [0.1, 0.15) is 17.2 Å². The molecule has 0 aromatic heterocycles. The van der Waals surface area contributed by atoms with Crippen LogP contribution in [0.3, 0.4) is 0 Å². The van der Waals surface area contributed by atoms with Crippen LogP contribution in [0, 0.1) is 12.7 Å². The van der Waals surface area contributed by atoms with Gasteiger partial charge in [0, 0.05) is 5.75 Å². The molecule has 1 atom stereocenters. The number of aryl methyl sites for hydroxylation is 1. The molecule has 0 amide bonds. The van der Waals surface area contributed by atoms with Gasteiger partial charge in [0.2, 0.25) is 0 Å². The Morgan fingerprint density at radius 2 is 1.95 bits per heavy atom. The number of nitrogens with zero attached hydrogens (tertiary/aromatic N) is 1. The number of halogens is 1. The van der Waals surface area contributed by atoms with Crippen LogP contribution >= 0.6 is 11.8 Å². The lowest BCUT2D eigenvalue weighted by Gasteiger charge is -2.09. The van der Waals surface area contributed by atoms with Crippen molar-refractivity contribution in [2.75, 3.05) is 11.1 Å². The molecular formula is C16H15FN2S. The lowest BCUT2D eigenvalue weighted by Crippen LogP contribution is -2.08. The van der Waals surface area contributed by atoms with Gasteiger partial charge in [-0.2, -0.15) is 0 Å². The first-order valence-electron chi connectivity index (χ1n) is 6.52. The summed E-state index contributed by atoms with van der Waals surface area (Å²) in [6, 6.07) is 15.4. The first kappa shape index (κ1) is 13.2. The average molecular weight is 286 g/mol. The molecule has 0 fully saturated rings. The Balaban J connectivity index is 1.80. The van der Waals surface area contributed by atoms with E-state index in [-0.39, 0.29) is 11.9 Å². The molecule has 0 radical (unpaired) electrons. The highest BCUT2D eigenvalue weighted by molar-refractivity contribution is 8.14. The SMILES string of the molecule is Cc1cccc(F)c1NC1=NC(c2ccccc2)CS1. The summed E-state index contributed by atoms with van der Waals surface area (Å²) in [5.41, 5.74) is 2.60. The maximum atomic E-state index is 13.8. The minimum Gasteiger partial charge on any atom is -0.332 e. The van der Waals surface area contributed by atoms with Crippen molar-refractivity contribution in [3.8, 4) is 0 Å². The highest BCUT2D eigenvalue weighted by Gasteiger charge is 2.20. The molecule has 3 rings (SSSR count). The molecule has 2 aromatic rings. The second-order valence-electron chi connectivity index (χ2n) is 4.73. The Bertz CT molecular complexity index is 620. The first-order chi connectivity index (χ1) is 9.74. The van der Waals surface area contributed by atoms with Crippen molar-refractivity contribution in [2.24, 2.45) is 4.99 Å². The van der Waals surface area contributed by atoms with Gasteiger partial charge in [-0.25, -0.2) is 4.39 Å². The fourth-order valence-corrected chi connectivity index (χ4v) is 3.14. The van der Waals surface area contributed by atoms with Crippen molar-refractivity contribution in [3.05, 3.63) is 65.5 Å². The summed E-state index contributed by atoms with van der Waals surface area (Å²) in [7, 11) is 0. The van der Waals surface area contributed by atoms with Crippen molar-refractivity contribution in [1.82, 2.24) is 0 Å². The number of nitrogens with one attached hydrogen (secondary N) is 1. The predicted molar refractivity (Wildman–Crippen MR) is 83.8 cm³/mol. The summed E-state index contributed by atoms with van der Waals surface area (Å²) < 4.78 is 13.8. The van der Waals surface area contributed by atoms with Crippen molar-refractivity contribution in [2.45, 2.75) is 13.0 Å². The van der Waals surface area contributed by atoms with Crippen LogP contribution in [0.4, 0.5) is 10.1 Å². The number of benzene rings is 2.